The van der Waals surface area contributed by atoms with Gasteiger partial charge in [-0.05, 0) is 30.9 Å². The van der Waals surface area contributed by atoms with Crippen molar-refractivity contribution in [2.45, 2.75) is 38.8 Å². The molecule has 0 aromatic heterocycles. The summed E-state index contributed by atoms with van der Waals surface area (Å²) in [4.78, 5) is 0. The van der Waals surface area contributed by atoms with Gasteiger partial charge < -0.3 is 5.32 Å². The molecule has 0 bridgehead atoms. The zero-order valence-electron chi connectivity index (χ0n) is 8.38. The maximum Gasteiger partial charge on any atom is 0.0322 e. The van der Waals surface area contributed by atoms with E-state index in [9.17, 15) is 0 Å². The van der Waals surface area contributed by atoms with Crippen LogP contribution in [0.1, 0.15) is 37.4 Å². The van der Waals surface area contributed by atoms with Crippen LogP contribution in [0.4, 0.5) is 0 Å². The van der Waals surface area contributed by atoms with Crippen molar-refractivity contribution in [3.63, 3.8) is 0 Å². The van der Waals surface area contributed by atoms with Crippen LogP contribution in [0.15, 0.2) is 24.3 Å². The maximum atomic E-state index is 3.62. The second-order valence-electron chi connectivity index (χ2n) is 3.93. The van der Waals surface area contributed by atoms with E-state index in [0.717, 1.165) is 0 Å². The molecule has 13 heavy (non-hydrogen) atoms. The van der Waals surface area contributed by atoms with E-state index in [2.05, 4.69) is 43.4 Å². The minimum Gasteiger partial charge on any atom is -0.307 e. The van der Waals surface area contributed by atoms with Crippen LogP contribution in [0.25, 0.3) is 0 Å². The molecule has 70 valence electrons. The summed E-state index contributed by atoms with van der Waals surface area (Å²) in [6.07, 6.45) is 2.36. The molecule has 1 nitrogen and oxygen atoms in total. The molecule has 0 fully saturated rings. The Hall–Kier alpha value is -0.820. The standard InChI is InChI=1S/C12H17N/c1-3-12-11-7-5-4-6-10(11)8-9(2)13-12/h4-7,9,12-13H,3,8H2,1-2H3. The summed E-state index contributed by atoms with van der Waals surface area (Å²) in [5.74, 6) is 0. The summed E-state index contributed by atoms with van der Waals surface area (Å²) in [5, 5.41) is 3.62. The lowest BCUT2D eigenvalue weighted by atomic mass is 9.90. The predicted molar refractivity (Wildman–Crippen MR) is 55.8 cm³/mol. The topological polar surface area (TPSA) is 12.0 Å². The monoisotopic (exact) mass is 175 g/mol. The zero-order chi connectivity index (χ0) is 9.26. The Bertz CT molecular complexity index is 293. The highest BCUT2D eigenvalue weighted by molar-refractivity contribution is 5.32. The molecular formula is C12H17N. The van der Waals surface area contributed by atoms with Crippen molar-refractivity contribution < 1.29 is 0 Å². The molecule has 0 amide bonds. The third kappa shape index (κ3) is 1.61. The Morgan fingerprint density at radius 3 is 2.92 bits per heavy atom. The van der Waals surface area contributed by atoms with Crippen molar-refractivity contribution >= 4 is 0 Å². The molecule has 2 atom stereocenters. The van der Waals surface area contributed by atoms with Gasteiger partial charge in [0.1, 0.15) is 0 Å². The fraction of sp³-hybridized carbons (Fsp3) is 0.500. The van der Waals surface area contributed by atoms with E-state index in [0.29, 0.717) is 12.1 Å². The second kappa shape index (κ2) is 3.51. The van der Waals surface area contributed by atoms with Gasteiger partial charge in [0, 0.05) is 12.1 Å². The summed E-state index contributed by atoms with van der Waals surface area (Å²) in [6.45, 7) is 4.51. The third-order valence-corrected chi connectivity index (χ3v) is 2.85. The van der Waals surface area contributed by atoms with Gasteiger partial charge in [-0.3, -0.25) is 0 Å². The first-order valence-corrected chi connectivity index (χ1v) is 5.15. The Balaban J connectivity index is 2.37. The normalized spacial score (nSPS) is 26.9. The average molecular weight is 175 g/mol. The van der Waals surface area contributed by atoms with Crippen LogP contribution in [-0.2, 0) is 6.42 Å². The quantitative estimate of drug-likeness (QED) is 0.692. The highest BCUT2D eigenvalue weighted by Crippen LogP contribution is 2.26. The molecule has 0 saturated heterocycles. The van der Waals surface area contributed by atoms with Crippen molar-refractivity contribution in [1.82, 2.24) is 5.32 Å². The van der Waals surface area contributed by atoms with E-state index in [4.69, 9.17) is 0 Å². The fourth-order valence-electron chi connectivity index (χ4n) is 2.22. The summed E-state index contributed by atoms with van der Waals surface area (Å²) in [5.41, 5.74) is 3.03. The second-order valence-corrected chi connectivity index (χ2v) is 3.93. The lowest BCUT2D eigenvalue weighted by molar-refractivity contribution is 0.414. The van der Waals surface area contributed by atoms with Gasteiger partial charge in [0.05, 0.1) is 0 Å². The zero-order valence-corrected chi connectivity index (χ0v) is 8.38. The largest absolute Gasteiger partial charge is 0.307 e. The highest BCUT2D eigenvalue weighted by Gasteiger charge is 2.21. The predicted octanol–water partition coefficient (Wildman–Crippen LogP) is 2.67. The van der Waals surface area contributed by atoms with Crippen LogP contribution in [0.2, 0.25) is 0 Å². The first-order valence-electron chi connectivity index (χ1n) is 5.15. The lowest BCUT2D eigenvalue weighted by Gasteiger charge is -2.30. The third-order valence-electron chi connectivity index (χ3n) is 2.85. The number of hydrogen-bond acceptors (Lipinski definition) is 1. The van der Waals surface area contributed by atoms with Gasteiger partial charge in [0.25, 0.3) is 0 Å². The minimum absolute atomic E-state index is 0.569. The first-order chi connectivity index (χ1) is 6.31. The van der Waals surface area contributed by atoms with E-state index >= 15 is 0 Å². The van der Waals surface area contributed by atoms with Crippen molar-refractivity contribution in [3.8, 4) is 0 Å². The summed E-state index contributed by atoms with van der Waals surface area (Å²) in [7, 11) is 0. The molecule has 1 heteroatoms. The Labute approximate surface area is 80.2 Å². The van der Waals surface area contributed by atoms with Gasteiger partial charge >= 0.3 is 0 Å². The van der Waals surface area contributed by atoms with Crippen LogP contribution in [0.3, 0.4) is 0 Å². The molecular weight excluding hydrogens is 158 g/mol. The Kier molecular flexibility index (Phi) is 2.36. The molecule has 1 N–H and O–H groups in total. The summed E-state index contributed by atoms with van der Waals surface area (Å²) in [6, 6.07) is 9.99. The molecule has 1 aromatic rings. The molecule has 1 aliphatic rings. The van der Waals surface area contributed by atoms with Gasteiger partial charge in [-0.25, -0.2) is 0 Å². The number of benzene rings is 1. The van der Waals surface area contributed by atoms with E-state index in [-0.39, 0.29) is 0 Å². The molecule has 2 unspecified atom stereocenters. The smallest absolute Gasteiger partial charge is 0.0322 e. The first kappa shape index (κ1) is 8.76. The summed E-state index contributed by atoms with van der Waals surface area (Å²) < 4.78 is 0. The van der Waals surface area contributed by atoms with Gasteiger partial charge in [-0.15, -0.1) is 0 Å². The van der Waals surface area contributed by atoms with Crippen LogP contribution in [0.5, 0.6) is 0 Å². The van der Waals surface area contributed by atoms with Crippen molar-refractivity contribution in [2.75, 3.05) is 0 Å². The van der Waals surface area contributed by atoms with Crippen molar-refractivity contribution in [1.29, 1.82) is 0 Å². The van der Waals surface area contributed by atoms with Crippen LogP contribution >= 0.6 is 0 Å². The van der Waals surface area contributed by atoms with Crippen LogP contribution < -0.4 is 5.32 Å². The summed E-state index contributed by atoms with van der Waals surface area (Å²) >= 11 is 0. The molecule has 1 aromatic carbocycles. The maximum absolute atomic E-state index is 3.62. The lowest BCUT2D eigenvalue weighted by Crippen LogP contribution is -2.36. The molecule has 2 rings (SSSR count). The molecule has 0 spiro atoms. The average Bonchev–Trinajstić information content (AvgIpc) is 2.16. The van der Waals surface area contributed by atoms with E-state index in [1.165, 1.54) is 24.0 Å². The molecule has 0 aliphatic carbocycles. The van der Waals surface area contributed by atoms with Crippen LogP contribution in [-0.4, -0.2) is 6.04 Å². The fourth-order valence-corrected chi connectivity index (χ4v) is 2.22. The number of hydrogen-bond donors (Lipinski definition) is 1. The molecule has 0 radical (unpaired) electrons. The Morgan fingerprint density at radius 1 is 1.38 bits per heavy atom. The number of fused-ring (bicyclic) bond motifs is 1. The highest BCUT2D eigenvalue weighted by atomic mass is 15.0. The minimum atomic E-state index is 0.569. The van der Waals surface area contributed by atoms with Crippen molar-refractivity contribution in [3.05, 3.63) is 35.4 Å². The van der Waals surface area contributed by atoms with Gasteiger partial charge in [0.15, 0.2) is 0 Å². The van der Waals surface area contributed by atoms with Crippen LogP contribution in [0, 0.1) is 0 Å². The Morgan fingerprint density at radius 2 is 2.15 bits per heavy atom. The van der Waals surface area contributed by atoms with Gasteiger partial charge in [-0.2, -0.15) is 0 Å². The molecule has 0 saturated carbocycles. The van der Waals surface area contributed by atoms with E-state index in [1.54, 1.807) is 0 Å². The molecule has 1 aliphatic heterocycles. The molecule has 1 heterocycles. The van der Waals surface area contributed by atoms with E-state index in [1.807, 2.05) is 0 Å². The van der Waals surface area contributed by atoms with Gasteiger partial charge in [0.2, 0.25) is 0 Å². The number of nitrogens with one attached hydrogen (secondary N) is 1. The SMILES string of the molecule is CCC1NC(C)Cc2ccccc21. The van der Waals surface area contributed by atoms with Gasteiger partial charge in [-0.1, -0.05) is 31.2 Å². The van der Waals surface area contributed by atoms with E-state index < -0.39 is 0 Å². The number of rotatable bonds is 1. The van der Waals surface area contributed by atoms with Crippen molar-refractivity contribution in [2.24, 2.45) is 0 Å².